The van der Waals surface area contributed by atoms with Crippen LogP contribution in [0.25, 0.3) is 11.3 Å². The summed E-state index contributed by atoms with van der Waals surface area (Å²) >= 11 is 0. The predicted octanol–water partition coefficient (Wildman–Crippen LogP) is 3.15. The second kappa shape index (κ2) is 7.62. The number of nitrogens with zero attached hydrogens (tertiary/aromatic N) is 4. The lowest BCUT2D eigenvalue weighted by molar-refractivity contribution is 0.279. The lowest BCUT2D eigenvalue weighted by atomic mass is 10.0. The molecular formula is C21H22N4O. The van der Waals surface area contributed by atoms with Crippen LogP contribution in [0.4, 0.5) is 0 Å². The highest BCUT2D eigenvalue weighted by Gasteiger charge is 2.19. The largest absolute Gasteiger partial charge is 0.497 e. The molecule has 5 nitrogen and oxygen atoms in total. The fraction of sp³-hybridized carbons (Fsp3) is 0.286. The number of pyridine rings is 1. The normalized spacial score (nSPS) is 14.5. The van der Waals surface area contributed by atoms with E-state index in [1.807, 2.05) is 24.4 Å². The fourth-order valence-electron chi connectivity index (χ4n) is 3.47. The summed E-state index contributed by atoms with van der Waals surface area (Å²) in [6.07, 6.45) is 7.25. The minimum absolute atomic E-state index is 0.897. The molecule has 2 aromatic heterocycles. The van der Waals surface area contributed by atoms with E-state index in [4.69, 9.17) is 4.74 Å². The highest BCUT2D eigenvalue weighted by atomic mass is 16.5. The van der Waals surface area contributed by atoms with Gasteiger partial charge in [-0.25, -0.2) is 9.97 Å². The van der Waals surface area contributed by atoms with Crippen LogP contribution in [0, 0.1) is 0 Å². The first kappa shape index (κ1) is 16.7. The molecule has 3 aromatic rings. The summed E-state index contributed by atoms with van der Waals surface area (Å²) in [6, 6.07) is 12.3. The van der Waals surface area contributed by atoms with E-state index in [0.717, 1.165) is 55.2 Å². The molecule has 0 saturated heterocycles. The third kappa shape index (κ3) is 3.58. The SMILES string of the molecule is COc1ccc(CN2CCc3ncnc(-c4cccnc4)c3CC2)cc1. The van der Waals surface area contributed by atoms with Crippen LogP contribution < -0.4 is 4.74 Å². The van der Waals surface area contributed by atoms with Gasteiger partial charge < -0.3 is 4.74 Å². The van der Waals surface area contributed by atoms with Gasteiger partial charge in [0.25, 0.3) is 0 Å². The Labute approximate surface area is 153 Å². The summed E-state index contributed by atoms with van der Waals surface area (Å²) in [4.78, 5) is 15.8. The molecule has 0 saturated carbocycles. The standard InChI is InChI=1S/C21H22N4O/c1-26-18-6-4-16(5-7-18)14-25-11-8-19-20(9-12-25)23-15-24-21(19)17-3-2-10-22-13-17/h2-7,10,13,15H,8-9,11-12,14H2,1H3. The van der Waals surface area contributed by atoms with Crippen molar-refractivity contribution in [1.29, 1.82) is 0 Å². The van der Waals surface area contributed by atoms with Crippen molar-refractivity contribution in [3.63, 3.8) is 0 Å². The maximum atomic E-state index is 5.24. The third-order valence-electron chi connectivity index (χ3n) is 4.88. The Balaban J connectivity index is 1.52. The molecule has 3 heterocycles. The van der Waals surface area contributed by atoms with Crippen molar-refractivity contribution in [2.75, 3.05) is 20.2 Å². The van der Waals surface area contributed by atoms with Crippen LogP contribution in [0.5, 0.6) is 5.75 Å². The monoisotopic (exact) mass is 346 g/mol. The van der Waals surface area contributed by atoms with Gasteiger partial charge in [0.05, 0.1) is 12.8 Å². The molecule has 0 aliphatic carbocycles. The van der Waals surface area contributed by atoms with Gasteiger partial charge in [0, 0.05) is 55.3 Å². The third-order valence-corrected chi connectivity index (χ3v) is 4.88. The summed E-state index contributed by atoms with van der Waals surface area (Å²) in [6.45, 7) is 2.94. The molecule has 1 aliphatic rings. The first-order chi connectivity index (χ1) is 12.8. The molecule has 1 aromatic carbocycles. The fourth-order valence-corrected chi connectivity index (χ4v) is 3.47. The summed E-state index contributed by atoms with van der Waals surface area (Å²) in [5.41, 5.74) is 5.81. The number of fused-ring (bicyclic) bond motifs is 1. The zero-order chi connectivity index (χ0) is 17.8. The zero-order valence-electron chi connectivity index (χ0n) is 14.9. The average molecular weight is 346 g/mol. The van der Waals surface area contributed by atoms with Gasteiger partial charge in [-0.1, -0.05) is 12.1 Å². The van der Waals surface area contributed by atoms with Crippen molar-refractivity contribution < 1.29 is 4.74 Å². The van der Waals surface area contributed by atoms with Crippen molar-refractivity contribution in [3.8, 4) is 17.0 Å². The smallest absolute Gasteiger partial charge is 0.118 e. The number of rotatable bonds is 4. The highest BCUT2D eigenvalue weighted by Crippen LogP contribution is 2.25. The first-order valence-electron chi connectivity index (χ1n) is 8.92. The Morgan fingerprint density at radius 1 is 1.04 bits per heavy atom. The van der Waals surface area contributed by atoms with E-state index in [1.165, 1.54) is 11.1 Å². The Bertz CT molecular complexity index is 865. The van der Waals surface area contributed by atoms with E-state index in [9.17, 15) is 0 Å². The zero-order valence-corrected chi connectivity index (χ0v) is 14.9. The number of methoxy groups -OCH3 is 1. The van der Waals surface area contributed by atoms with Gasteiger partial charge in [-0.15, -0.1) is 0 Å². The Morgan fingerprint density at radius 2 is 1.88 bits per heavy atom. The van der Waals surface area contributed by atoms with E-state index >= 15 is 0 Å². The van der Waals surface area contributed by atoms with Crippen molar-refractivity contribution in [2.45, 2.75) is 19.4 Å². The molecule has 0 N–H and O–H groups in total. The van der Waals surface area contributed by atoms with Crippen LogP contribution in [-0.4, -0.2) is 40.1 Å². The van der Waals surface area contributed by atoms with Gasteiger partial charge in [0.1, 0.15) is 12.1 Å². The van der Waals surface area contributed by atoms with Crippen LogP contribution in [0.3, 0.4) is 0 Å². The summed E-state index contributed by atoms with van der Waals surface area (Å²) in [7, 11) is 1.70. The van der Waals surface area contributed by atoms with E-state index in [2.05, 4.69) is 38.1 Å². The Hall–Kier alpha value is -2.79. The van der Waals surface area contributed by atoms with Crippen LogP contribution in [0.15, 0.2) is 55.1 Å². The molecule has 0 atom stereocenters. The molecular weight excluding hydrogens is 324 g/mol. The number of hydrogen-bond donors (Lipinski definition) is 0. The molecule has 4 rings (SSSR count). The molecule has 0 fully saturated rings. The second-order valence-corrected chi connectivity index (χ2v) is 6.51. The molecule has 0 bridgehead atoms. The molecule has 0 amide bonds. The van der Waals surface area contributed by atoms with E-state index in [1.54, 1.807) is 19.6 Å². The minimum atomic E-state index is 0.897. The first-order valence-corrected chi connectivity index (χ1v) is 8.92. The van der Waals surface area contributed by atoms with Gasteiger partial charge in [0.2, 0.25) is 0 Å². The molecule has 1 aliphatic heterocycles. The molecule has 0 radical (unpaired) electrons. The summed E-state index contributed by atoms with van der Waals surface area (Å²) in [5.74, 6) is 0.897. The van der Waals surface area contributed by atoms with E-state index in [0.29, 0.717) is 0 Å². The molecule has 5 heteroatoms. The number of hydrogen-bond acceptors (Lipinski definition) is 5. The number of benzene rings is 1. The minimum Gasteiger partial charge on any atom is -0.497 e. The molecule has 132 valence electrons. The maximum Gasteiger partial charge on any atom is 0.118 e. The number of ether oxygens (including phenoxy) is 1. The predicted molar refractivity (Wildman–Crippen MR) is 101 cm³/mol. The van der Waals surface area contributed by atoms with E-state index < -0.39 is 0 Å². The van der Waals surface area contributed by atoms with Crippen LogP contribution in [0.1, 0.15) is 16.8 Å². The number of aromatic nitrogens is 3. The molecule has 0 unspecified atom stereocenters. The van der Waals surface area contributed by atoms with Gasteiger partial charge in [-0.2, -0.15) is 0 Å². The van der Waals surface area contributed by atoms with Gasteiger partial charge in [-0.3, -0.25) is 9.88 Å². The Kier molecular flexibility index (Phi) is 4.88. The van der Waals surface area contributed by atoms with Gasteiger partial charge in [0.15, 0.2) is 0 Å². The highest BCUT2D eigenvalue weighted by molar-refractivity contribution is 5.62. The maximum absolute atomic E-state index is 5.24. The summed E-state index contributed by atoms with van der Waals surface area (Å²) in [5, 5.41) is 0. The molecule has 0 spiro atoms. The summed E-state index contributed by atoms with van der Waals surface area (Å²) < 4.78 is 5.24. The topological polar surface area (TPSA) is 51.1 Å². The van der Waals surface area contributed by atoms with Crippen molar-refractivity contribution >= 4 is 0 Å². The van der Waals surface area contributed by atoms with Crippen molar-refractivity contribution in [1.82, 2.24) is 19.9 Å². The van der Waals surface area contributed by atoms with Gasteiger partial charge in [-0.05, 0) is 36.2 Å². The lowest BCUT2D eigenvalue weighted by Gasteiger charge is -2.19. The average Bonchev–Trinajstić information content (AvgIpc) is 2.92. The molecule has 26 heavy (non-hydrogen) atoms. The van der Waals surface area contributed by atoms with Gasteiger partial charge >= 0.3 is 0 Å². The van der Waals surface area contributed by atoms with Crippen molar-refractivity contribution in [3.05, 3.63) is 71.9 Å². The Morgan fingerprint density at radius 3 is 2.65 bits per heavy atom. The van der Waals surface area contributed by atoms with Crippen LogP contribution in [-0.2, 0) is 19.4 Å². The van der Waals surface area contributed by atoms with Crippen molar-refractivity contribution in [2.24, 2.45) is 0 Å². The second-order valence-electron chi connectivity index (χ2n) is 6.51. The van der Waals surface area contributed by atoms with E-state index in [-0.39, 0.29) is 0 Å². The van der Waals surface area contributed by atoms with Crippen LogP contribution >= 0.6 is 0 Å². The van der Waals surface area contributed by atoms with Crippen LogP contribution in [0.2, 0.25) is 0 Å². The quantitative estimate of drug-likeness (QED) is 0.726. The lowest BCUT2D eigenvalue weighted by Crippen LogP contribution is -2.25.